The van der Waals surface area contributed by atoms with Gasteiger partial charge in [0.05, 0.1) is 0 Å². The van der Waals surface area contributed by atoms with Crippen LogP contribution in [0.2, 0.25) is 10.0 Å². The van der Waals surface area contributed by atoms with Crippen LogP contribution in [-0.4, -0.2) is 0 Å². The van der Waals surface area contributed by atoms with Crippen LogP contribution in [0.1, 0.15) is 0 Å². The van der Waals surface area contributed by atoms with E-state index in [0.717, 1.165) is 10.0 Å². The summed E-state index contributed by atoms with van der Waals surface area (Å²) < 4.78 is 2.36. The van der Waals surface area contributed by atoms with E-state index < -0.39 is 18.7 Å². The standard InChI is InChI=1S/C12H8Cl3I/c13-9-1-5-11(6-2-9)16(15)12-7-3-10(14)4-8-12/h1-8H. The Labute approximate surface area is 116 Å². The third-order valence-electron chi connectivity index (χ3n) is 1.99. The van der Waals surface area contributed by atoms with Crippen LogP contribution in [0, 0.1) is 7.14 Å². The van der Waals surface area contributed by atoms with Crippen molar-refractivity contribution in [3.63, 3.8) is 0 Å². The van der Waals surface area contributed by atoms with Crippen molar-refractivity contribution in [3.8, 4) is 0 Å². The fraction of sp³-hybridized carbons (Fsp3) is 0. The topological polar surface area (TPSA) is 0 Å². The van der Waals surface area contributed by atoms with E-state index in [-0.39, 0.29) is 0 Å². The number of hydrogen-bond donors (Lipinski definition) is 0. The molecule has 0 aliphatic rings. The van der Waals surface area contributed by atoms with Gasteiger partial charge in [-0.3, -0.25) is 0 Å². The molecule has 0 bridgehead atoms. The molecule has 0 saturated heterocycles. The molecule has 84 valence electrons. The van der Waals surface area contributed by atoms with Crippen LogP contribution in [0.15, 0.2) is 48.5 Å². The van der Waals surface area contributed by atoms with Crippen molar-refractivity contribution in [2.45, 2.75) is 0 Å². The third kappa shape index (κ3) is 3.04. The number of rotatable bonds is 2. The summed E-state index contributed by atoms with van der Waals surface area (Å²) in [7, 11) is 6.51. The maximum absolute atomic E-state index is 6.51. The van der Waals surface area contributed by atoms with Gasteiger partial charge in [0, 0.05) is 0 Å². The third-order valence-corrected chi connectivity index (χ3v) is 8.33. The Hall–Kier alpha value is 0.0400. The molecule has 0 fully saturated rings. The zero-order valence-corrected chi connectivity index (χ0v) is 12.6. The van der Waals surface area contributed by atoms with Gasteiger partial charge in [0.25, 0.3) is 0 Å². The first-order valence-corrected chi connectivity index (χ1v) is 10.2. The molecule has 0 aromatic heterocycles. The van der Waals surface area contributed by atoms with E-state index in [1.165, 1.54) is 7.14 Å². The van der Waals surface area contributed by atoms with E-state index in [2.05, 4.69) is 0 Å². The van der Waals surface area contributed by atoms with Gasteiger partial charge >= 0.3 is 117 Å². The Kier molecular flexibility index (Phi) is 4.36. The van der Waals surface area contributed by atoms with E-state index in [0.29, 0.717) is 0 Å². The summed E-state index contributed by atoms with van der Waals surface area (Å²) in [5.74, 6) is 0. The van der Waals surface area contributed by atoms with Gasteiger partial charge in [-0.25, -0.2) is 0 Å². The van der Waals surface area contributed by atoms with Gasteiger partial charge < -0.3 is 0 Å². The van der Waals surface area contributed by atoms with Gasteiger partial charge in [0.2, 0.25) is 0 Å². The average Bonchev–Trinajstić information content (AvgIpc) is 2.30. The zero-order chi connectivity index (χ0) is 11.5. The molecule has 2 aromatic rings. The Balaban J connectivity index is 2.28. The van der Waals surface area contributed by atoms with Crippen molar-refractivity contribution in [2.24, 2.45) is 0 Å². The van der Waals surface area contributed by atoms with Crippen molar-refractivity contribution in [3.05, 3.63) is 65.7 Å². The summed E-state index contributed by atoms with van der Waals surface area (Å²) >= 11 is 9.89. The van der Waals surface area contributed by atoms with Gasteiger partial charge in [0.15, 0.2) is 0 Å². The maximum atomic E-state index is 6.51. The van der Waals surface area contributed by atoms with Crippen molar-refractivity contribution >= 4 is 50.8 Å². The molecule has 4 heteroatoms. The first-order chi connectivity index (χ1) is 7.66. The molecule has 0 N–H and O–H groups in total. The van der Waals surface area contributed by atoms with Crippen LogP contribution in [-0.2, 0) is 0 Å². The summed E-state index contributed by atoms with van der Waals surface area (Å²) in [6.45, 7) is 0. The van der Waals surface area contributed by atoms with E-state index in [1.54, 1.807) is 0 Å². The zero-order valence-electron chi connectivity index (χ0n) is 8.13. The summed E-state index contributed by atoms with van der Waals surface area (Å²) in [6.07, 6.45) is 0. The molecule has 0 radical (unpaired) electrons. The van der Waals surface area contributed by atoms with Gasteiger partial charge in [-0.05, 0) is 0 Å². The predicted octanol–water partition coefficient (Wildman–Crippen LogP) is 5.69. The van der Waals surface area contributed by atoms with Gasteiger partial charge in [-0.15, -0.1) is 0 Å². The number of hydrogen-bond acceptors (Lipinski definition) is 0. The fourth-order valence-electron chi connectivity index (χ4n) is 1.21. The van der Waals surface area contributed by atoms with Crippen LogP contribution in [0.4, 0.5) is 0 Å². The molecule has 0 nitrogen and oxygen atoms in total. The first-order valence-electron chi connectivity index (χ1n) is 4.54. The second-order valence-corrected chi connectivity index (χ2v) is 9.75. The Morgan fingerprint density at radius 3 is 1.25 bits per heavy atom. The van der Waals surface area contributed by atoms with E-state index in [1.807, 2.05) is 48.5 Å². The Bertz CT molecular complexity index is 419. The molecule has 0 amide bonds. The molecular formula is C12H8Cl3I. The summed E-state index contributed by atoms with van der Waals surface area (Å²) in [4.78, 5) is 0. The number of halogens is 4. The molecule has 16 heavy (non-hydrogen) atoms. The van der Waals surface area contributed by atoms with E-state index in [9.17, 15) is 0 Å². The molecule has 2 aromatic carbocycles. The van der Waals surface area contributed by atoms with Gasteiger partial charge in [-0.1, -0.05) is 0 Å². The average molecular weight is 385 g/mol. The predicted molar refractivity (Wildman–Crippen MR) is 80.2 cm³/mol. The number of benzene rings is 2. The van der Waals surface area contributed by atoms with E-state index >= 15 is 0 Å². The quantitative estimate of drug-likeness (QED) is 0.583. The van der Waals surface area contributed by atoms with Crippen molar-refractivity contribution in [2.75, 3.05) is 0 Å². The SMILES string of the molecule is Clc1ccc(I(Cl)c2ccc(Cl)cc2)cc1. The Morgan fingerprint density at radius 2 is 0.938 bits per heavy atom. The molecule has 0 aliphatic heterocycles. The summed E-state index contributed by atoms with van der Waals surface area (Å²) in [5, 5.41) is 1.47. The van der Waals surface area contributed by atoms with Crippen molar-refractivity contribution in [1.82, 2.24) is 0 Å². The first kappa shape index (κ1) is 12.5. The fourth-order valence-corrected chi connectivity index (χ4v) is 5.44. The molecule has 0 heterocycles. The molecule has 0 unspecified atom stereocenters. The minimum absolute atomic E-state index is 0.737. The molecular weight excluding hydrogens is 377 g/mol. The summed E-state index contributed by atoms with van der Waals surface area (Å²) in [6, 6.07) is 15.5. The van der Waals surface area contributed by atoms with Gasteiger partial charge in [-0.2, -0.15) is 0 Å². The normalized spacial score (nSPS) is 11.3. The Morgan fingerprint density at radius 1 is 0.625 bits per heavy atom. The van der Waals surface area contributed by atoms with Crippen LogP contribution < -0.4 is 0 Å². The van der Waals surface area contributed by atoms with Crippen LogP contribution in [0.3, 0.4) is 0 Å². The molecule has 2 rings (SSSR count). The van der Waals surface area contributed by atoms with Crippen molar-refractivity contribution < 1.29 is 0 Å². The van der Waals surface area contributed by atoms with E-state index in [4.69, 9.17) is 32.1 Å². The minimum atomic E-state index is -1.79. The summed E-state index contributed by atoms with van der Waals surface area (Å²) in [5.41, 5.74) is 0. The van der Waals surface area contributed by atoms with Crippen LogP contribution in [0.5, 0.6) is 0 Å². The molecule has 0 saturated carbocycles. The molecule has 0 spiro atoms. The second-order valence-electron chi connectivity index (χ2n) is 3.11. The second kappa shape index (κ2) is 5.58. The molecule has 0 aliphatic carbocycles. The van der Waals surface area contributed by atoms with Gasteiger partial charge in [0.1, 0.15) is 0 Å². The van der Waals surface area contributed by atoms with Crippen molar-refractivity contribution in [1.29, 1.82) is 0 Å². The van der Waals surface area contributed by atoms with Crippen LogP contribution >= 0.6 is 50.8 Å². The monoisotopic (exact) mass is 384 g/mol. The molecule has 0 atom stereocenters. The van der Waals surface area contributed by atoms with Crippen LogP contribution in [0.25, 0.3) is 0 Å².